The molecule has 0 bridgehead atoms. The largest absolute Gasteiger partial charge is 0.352 e. The minimum atomic E-state index is 0.111. The van der Waals surface area contributed by atoms with Crippen LogP contribution in [-0.4, -0.2) is 28.3 Å². The second-order valence-corrected chi connectivity index (χ2v) is 6.88. The number of rotatable bonds is 3. The lowest BCUT2D eigenvalue weighted by atomic mass is 10.1. The van der Waals surface area contributed by atoms with E-state index in [1.165, 1.54) is 25.7 Å². The van der Waals surface area contributed by atoms with Crippen LogP contribution in [0.4, 0.5) is 5.82 Å². The molecule has 1 saturated heterocycles. The molecule has 2 rings (SSSR count). The Hall–Kier alpha value is -1.16. The third kappa shape index (κ3) is 4.44. The first-order valence-corrected chi connectivity index (χ1v) is 7.80. The van der Waals surface area contributed by atoms with Crippen molar-refractivity contribution in [2.75, 3.05) is 11.4 Å². The summed E-state index contributed by atoms with van der Waals surface area (Å²) in [5, 5.41) is 12.2. The fourth-order valence-corrected chi connectivity index (χ4v) is 2.57. The minimum absolute atomic E-state index is 0.111. The number of hydrogen-bond acceptors (Lipinski definition) is 4. The molecule has 0 saturated carbocycles. The number of nitrogens with zero attached hydrogens (tertiary/aromatic N) is 3. The number of aromatic nitrogens is 2. The van der Waals surface area contributed by atoms with Gasteiger partial charge in [-0.1, -0.05) is 12.8 Å². The summed E-state index contributed by atoms with van der Waals surface area (Å²) in [5.74, 6) is 1.03. The monoisotopic (exact) mass is 276 g/mol. The lowest BCUT2D eigenvalue weighted by Crippen LogP contribution is -2.35. The SMILES string of the molecule is CC1CCCCCN1c1ccc(CNC(C)(C)C)nn1. The maximum Gasteiger partial charge on any atom is 0.151 e. The quantitative estimate of drug-likeness (QED) is 0.921. The number of nitrogens with one attached hydrogen (secondary N) is 1. The highest BCUT2D eigenvalue weighted by atomic mass is 15.3. The van der Waals surface area contributed by atoms with Crippen molar-refractivity contribution in [2.24, 2.45) is 0 Å². The second kappa shape index (κ2) is 6.53. The molecule has 0 aliphatic carbocycles. The zero-order valence-corrected chi connectivity index (χ0v) is 13.3. The normalized spacial score (nSPS) is 20.8. The Morgan fingerprint density at radius 2 is 2.00 bits per heavy atom. The molecule has 1 aliphatic heterocycles. The maximum atomic E-state index is 4.43. The Morgan fingerprint density at radius 3 is 2.65 bits per heavy atom. The van der Waals surface area contributed by atoms with Crippen LogP contribution < -0.4 is 10.2 Å². The van der Waals surface area contributed by atoms with Crippen molar-refractivity contribution in [3.05, 3.63) is 17.8 Å². The Bertz CT molecular complexity index is 407. The lowest BCUT2D eigenvalue weighted by molar-refractivity contribution is 0.420. The first-order valence-electron chi connectivity index (χ1n) is 7.80. The Labute approximate surface area is 123 Å². The van der Waals surface area contributed by atoms with Crippen LogP contribution in [0.3, 0.4) is 0 Å². The molecule has 0 aromatic carbocycles. The summed E-state index contributed by atoms with van der Waals surface area (Å²) in [7, 11) is 0. The summed E-state index contributed by atoms with van der Waals surface area (Å²) in [5.41, 5.74) is 1.12. The van der Waals surface area contributed by atoms with Gasteiger partial charge in [0.05, 0.1) is 5.69 Å². The van der Waals surface area contributed by atoms with E-state index in [-0.39, 0.29) is 5.54 Å². The van der Waals surface area contributed by atoms with Crippen LogP contribution in [0.5, 0.6) is 0 Å². The van der Waals surface area contributed by atoms with Gasteiger partial charge in [0.15, 0.2) is 5.82 Å². The van der Waals surface area contributed by atoms with Gasteiger partial charge in [0.25, 0.3) is 0 Å². The molecule has 4 nitrogen and oxygen atoms in total. The average molecular weight is 276 g/mol. The van der Waals surface area contributed by atoms with E-state index < -0.39 is 0 Å². The zero-order valence-electron chi connectivity index (χ0n) is 13.3. The molecular formula is C16H28N4. The van der Waals surface area contributed by atoms with Gasteiger partial charge in [-0.2, -0.15) is 5.10 Å². The van der Waals surface area contributed by atoms with Crippen molar-refractivity contribution in [1.82, 2.24) is 15.5 Å². The fourth-order valence-electron chi connectivity index (χ4n) is 2.57. The molecule has 112 valence electrons. The molecule has 0 radical (unpaired) electrons. The minimum Gasteiger partial charge on any atom is -0.352 e. The van der Waals surface area contributed by atoms with Crippen LogP contribution in [0, 0.1) is 0 Å². The van der Waals surface area contributed by atoms with E-state index in [4.69, 9.17) is 0 Å². The highest BCUT2D eigenvalue weighted by molar-refractivity contribution is 5.38. The summed E-state index contributed by atoms with van der Waals surface area (Å²) in [4.78, 5) is 2.40. The van der Waals surface area contributed by atoms with Crippen LogP contribution in [-0.2, 0) is 6.54 Å². The van der Waals surface area contributed by atoms with Crippen molar-refractivity contribution < 1.29 is 0 Å². The summed E-state index contributed by atoms with van der Waals surface area (Å²) in [6, 6.07) is 4.79. The van der Waals surface area contributed by atoms with Crippen LogP contribution in [0.1, 0.15) is 59.1 Å². The van der Waals surface area contributed by atoms with Gasteiger partial charge in [-0.25, -0.2) is 0 Å². The highest BCUT2D eigenvalue weighted by Gasteiger charge is 2.18. The van der Waals surface area contributed by atoms with E-state index in [0.717, 1.165) is 24.6 Å². The van der Waals surface area contributed by atoms with Gasteiger partial charge < -0.3 is 10.2 Å². The van der Waals surface area contributed by atoms with Gasteiger partial charge in [-0.15, -0.1) is 5.10 Å². The van der Waals surface area contributed by atoms with Crippen molar-refractivity contribution in [2.45, 2.75) is 71.5 Å². The van der Waals surface area contributed by atoms with E-state index in [1.54, 1.807) is 0 Å². The standard InChI is InChI=1S/C16H28N4/c1-13-8-6-5-7-11-20(13)15-10-9-14(18-19-15)12-17-16(2,3)4/h9-10,13,17H,5-8,11-12H2,1-4H3. The Morgan fingerprint density at radius 1 is 1.20 bits per heavy atom. The smallest absolute Gasteiger partial charge is 0.151 e. The maximum absolute atomic E-state index is 4.43. The van der Waals surface area contributed by atoms with Crippen LogP contribution >= 0.6 is 0 Å². The molecule has 1 fully saturated rings. The Balaban J connectivity index is 2.00. The summed E-state index contributed by atoms with van der Waals surface area (Å²) in [6.07, 6.45) is 5.19. The van der Waals surface area contributed by atoms with Gasteiger partial charge in [0.1, 0.15) is 0 Å². The van der Waals surface area contributed by atoms with Crippen LogP contribution in [0.15, 0.2) is 12.1 Å². The summed E-state index contributed by atoms with van der Waals surface area (Å²) < 4.78 is 0. The van der Waals surface area contributed by atoms with Gasteiger partial charge in [-0.3, -0.25) is 0 Å². The molecule has 1 aromatic heterocycles. The molecule has 1 aliphatic rings. The van der Waals surface area contributed by atoms with Gasteiger partial charge in [0, 0.05) is 24.7 Å². The van der Waals surface area contributed by atoms with Crippen molar-refractivity contribution in [3.8, 4) is 0 Å². The van der Waals surface area contributed by atoms with Gasteiger partial charge in [-0.05, 0) is 52.7 Å². The molecule has 1 aromatic rings. The first-order chi connectivity index (χ1) is 9.46. The molecule has 0 amide bonds. The van der Waals surface area contributed by atoms with Gasteiger partial charge >= 0.3 is 0 Å². The first kappa shape index (κ1) is 15.2. The van der Waals surface area contributed by atoms with Crippen molar-refractivity contribution in [1.29, 1.82) is 0 Å². The summed E-state index contributed by atoms with van der Waals surface area (Å²) in [6.45, 7) is 10.7. The third-order valence-corrected chi connectivity index (χ3v) is 3.85. The van der Waals surface area contributed by atoms with E-state index in [1.807, 2.05) is 0 Å². The Kier molecular flexibility index (Phi) is 4.97. The van der Waals surface area contributed by atoms with Gasteiger partial charge in [0.2, 0.25) is 0 Å². The molecule has 1 atom stereocenters. The van der Waals surface area contributed by atoms with E-state index >= 15 is 0 Å². The molecule has 0 spiro atoms. The average Bonchev–Trinajstić information content (AvgIpc) is 2.61. The zero-order chi connectivity index (χ0) is 14.6. The second-order valence-electron chi connectivity index (χ2n) is 6.88. The van der Waals surface area contributed by atoms with Crippen molar-refractivity contribution >= 4 is 5.82 Å². The lowest BCUT2D eigenvalue weighted by Gasteiger charge is -2.27. The molecule has 1 unspecified atom stereocenters. The highest BCUT2D eigenvalue weighted by Crippen LogP contribution is 2.21. The topological polar surface area (TPSA) is 41.0 Å². The third-order valence-electron chi connectivity index (χ3n) is 3.85. The molecule has 1 N–H and O–H groups in total. The summed E-state index contributed by atoms with van der Waals surface area (Å²) >= 11 is 0. The number of anilines is 1. The molecule has 4 heteroatoms. The predicted octanol–water partition coefficient (Wildman–Crippen LogP) is 3.13. The van der Waals surface area contributed by atoms with E-state index in [2.05, 4.69) is 60.2 Å². The van der Waals surface area contributed by atoms with Crippen LogP contribution in [0.2, 0.25) is 0 Å². The van der Waals surface area contributed by atoms with Crippen molar-refractivity contribution in [3.63, 3.8) is 0 Å². The van der Waals surface area contributed by atoms with E-state index in [0.29, 0.717) is 6.04 Å². The number of hydrogen-bond donors (Lipinski definition) is 1. The molecular weight excluding hydrogens is 248 g/mol. The predicted molar refractivity (Wildman–Crippen MR) is 83.9 cm³/mol. The van der Waals surface area contributed by atoms with E-state index in [9.17, 15) is 0 Å². The molecule has 2 heterocycles. The van der Waals surface area contributed by atoms with Crippen LogP contribution in [0.25, 0.3) is 0 Å². The fraction of sp³-hybridized carbons (Fsp3) is 0.750. The molecule has 20 heavy (non-hydrogen) atoms.